The normalized spacial score (nSPS) is 12.4. The van der Waals surface area contributed by atoms with Gasteiger partial charge in [0, 0.05) is 25.9 Å². The number of hydrogen-bond acceptors (Lipinski definition) is 4. The zero-order valence-corrected chi connectivity index (χ0v) is 25.2. The van der Waals surface area contributed by atoms with Crippen LogP contribution >= 0.6 is 22.7 Å². The summed E-state index contributed by atoms with van der Waals surface area (Å²) >= 11 is 3.11. The van der Waals surface area contributed by atoms with Gasteiger partial charge in [0.05, 0.1) is 20.4 Å². The molecule has 0 spiro atoms. The van der Waals surface area contributed by atoms with E-state index >= 15 is 0 Å². The van der Waals surface area contributed by atoms with Gasteiger partial charge in [-0.25, -0.2) is 0 Å². The number of benzene rings is 2. The van der Waals surface area contributed by atoms with E-state index in [-0.39, 0.29) is 11.8 Å². The van der Waals surface area contributed by atoms with Gasteiger partial charge in [-0.05, 0) is 49.9 Å². The van der Waals surface area contributed by atoms with Crippen molar-refractivity contribution in [1.29, 1.82) is 0 Å². The lowest BCUT2D eigenvalue weighted by Crippen LogP contribution is -2.16. The zero-order chi connectivity index (χ0) is 28.5. The molecule has 8 heteroatoms. The molecule has 0 aliphatic rings. The minimum absolute atomic E-state index is 0.0700. The van der Waals surface area contributed by atoms with Crippen LogP contribution in [0.25, 0.3) is 20.4 Å². The Morgan fingerprint density at radius 3 is 1.50 bits per heavy atom. The number of fused-ring (bicyclic) bond motifs is 2. The third-order valence-electron chi connectivity index (χ3n) is 6.90. The smallest absolute Gasteiger partial charge is 0.248 e. The summed E-state index contributed by atoms with van der Waals surface area (Å²) in [6.45, 7) is 13.1. The fraction of sp³-hybridized carbons (Fsp3) is 0.375. The largest absolute Gasteiger partial charge is 0.312 e. The Morgan fingerprint density at radius 2 is 1.10 bits per heavy atom. The van der Waals surface area contributed by atoms with Gasteiger partial charge in [-0.3, -0.25) is 9.59 Å². The second-order valence-corrected chi connectivity index (χ2v) is 12.1. The van der Waals surface area contributed by atoms with Gasteiger partial charge in [-0.15, -0.1) is 13.2 Å². The summed E-state index contributed by atoms with van der Waals surface area (Å²) in [6, 6.07) is 12.4. The number of nitrogens with zero attached hydrogens (tertiary/aromatic N) is 4. The van der Waals surface area contributed by atoms with Crippen molar-refractivity contribution in [2.45, 2.75) is 78.3 Å². The summed E-state index contributed by atoms with van der Waals surface area (Å²) in [6.07, 6.45) is 10.3. The number of unbranched alkanes of at least 4 members (excludes halogenated alkanes) is 5. The molecule has 2 heterocycles. The highest BCUT2D eigenvalue weighted by Gasteiger charge is 2.10. The number of allylic oxidation sites excluding steroid dienone is 2. The maximum absolute atomic E-state index is 12.6. The zero-order valence-electron chi connectivity index (χ0n) is 23.5. The lowest BCUT2D eigenvalue weighted by Gasteiger charge is -2.04. The molecule has 0 radical (unpaired) electrons. The molecule has 0 saturated carbocycles. The molecular formula is C32H38N4O2S2. The summed E-state index contributed by atoms with van der Waals surface area (Å²) in [4.78, 5) is 35.5. The molecular weight excluding hydrogens is 537 g/mol. The fourth-order valence-corrected chi connectivity index (χ4v) is 7.24. The molecule has 0 N–H and O–H groups in total. The summed E-state index contributed by atoms with van der Waals surface area (Å²) in [5, 5.41) is 0. The molecule has 2 aromatic heterocycles. The average Bonchev–Trinajstić information content (AvgIpc) is 3.45. The predicted molar refractivity (Wildman–Crippen MR) is 168 cm³/mol. The Balaban J connectivity index is 1.21. The van der Waals surface area contributed by atoms with Crippen molar-refractivity contribution in [2.75, 3.05) is 0 Å². The number of carbonyl (C=O) groups excluding carboxylic acids is 2. The summed E-state index contributed by atoms with van der Waals surface area (Å²) in [7, 11) is 0. The Labute approximate surface area is 243 Å². The van der Waals surface area contributed by atoms with Crippen LogP contribution in [0, 0.1) is 13.8 Å². The molecule has 0 saturated heterocycles. The molecule has 2 amide bonds. The van der Waals surface area contributed by atoms with Crippen LogP contribution < -0.4 is 9.60 Å². The van der Waals surface area contributed by atoms with Gasteiger partial charge < -0.3 is 9.13 Å². The van der Waals surface area contributed by atoms with Crippen LogP contribution in [0.5, 0.6) is 0 Å². The van der Waals surface area contributed by atoms with E-state index < -0.39 is 0 Å². The maximum atomic E-state index is 12.6. The molecule has 0 aliphatic carbocycles. The number of aromatic nitrogens is 2. The second kappa shape index (κ2) is 14.3. The highest BCUT2D eigenvalue weighted by atomic mass is 32.1. The first-order valence-electron chi connectivity index (χ1n) is 14.0. The lowest BCUT2D eigenvalue weighted by molar-refractivity contribution is -0.119. The Morgan fingerprint density at radius 1 is 0.700 bits per heavy atom. The number of thiazole rings is 2. The molecule has 40 heavy (non-hydrogen) atoms. The minimum atomic E-state index is -0.0700. The Bertz CT molecular complexity index is 1540. The van der Waals surface area contributed by atoms with Gasteiger partial charge in [-0.1, -0.05) is 84.8 Å². The van der Waals surface area contributed by atoms with Crippen molar-refractivity contribution in [3.8, 4) is 0 Å². The van der Waals surface area contributed by atoms with E-state index in [2.05, 4.69) is 70.4 Å². The van der Waals surface area contributed by atoms with E-state index in [1.54, 1.807) is 22.7 Å². The molecule has 0 bridgehead atoms. The molecule has 6 nitrogen and oxygen atoms in total. The van der Waals surface area contributed by atoms with Gasteiger partial charge >= 0.3 is 0 Å². The number of rotatable bonds is 13. The van der Waals surface area contributed by atoms with E-state index in [4.69, 9.17) is 0 Å². The van der Waals surface area contributed by atoms with Crippen molar-refractivity contribution >= 4 is 54.9 Å². The fourth-order valence-electron chi connectivity index (χ4n) is 4.97. The third kappa shape index (κ3) is 7.23. The van der Waals surface area contributed by atoms with Gasteiger partial charge in [0.1, 0.15) is 0 Å². The second-order valence-electron chi connectivity index (χ2n) is 10.0. The van der Waals surface area contributed by atoms with Gasteiger partial charge in [0.15, 0.2) is 9.60 Å². The quantitative estimate of drug-likeness (QED) is 0.123. The van der Waals surface area contributed by atoms with E-state index in [0.29, 0.717) is 25.9 Å². The van der Waals surface area contributed by atoms with Crippen molar-refractivity contribution < 1.29 is 9.59 Å². The third-order valence-corrected chi connectivity index (χ3v) is 8.99. The van der Waals surface area contributed by atoms with Crippen molar-refractivity contribution in [2.24, 2.45) is 9.98 Å². The molecule has 4 aromatic rings. The molecule has 210 valence electrons. The lowest BCUT2D eigenvalue weighted by atomic mass is 10.1. The first kappa shape index (κ1) is 29.6. The van der Waals surface area contributed by atoms with Crippen LogP contribution in [-0.4, -0.2) is 20.9 Å². The number of carbonyl (C=O) groups is 2. The van der Waals surface area contributed by atoms with E-state index in [1.807, 2.05) is 24.3 Å². The van der Waals surface area contributed by atoms with Crippen LogP contribution in [0.1, 0.15) is 62.5 Å². The van der Waals surface area contributed by atoms with Gasteiger partial charge in [-0.2, -0.15) is 9.98 Å². The maximum Gasteiger partial charge on any atom is 0.248 e. The first-order chi connectivity index (χ1) is 19.4. The molecule has 0 fully saturated rings. The average molecular weight is 575 g/mol. The molecule has 0 unspecified atom stereocenters. The van der Waals surface area contributed by atoms with Crippen LogP contribution in [0.4, 0.5) is 0 Å². The summed E-state index contributed by atoms with van der Waals surface area (Å²) < 4.78 is 6.42. The first-order valence-corrected chi connectivity index (χ1v) is 15.6. The number of aryl methyl sites for hydroxylation is 2. The Kier molecular flexibility index (Phi) is 10.6. The number of hydrogen-bond donors (Lipinski definition) is 0. The predicted octanol–water partition coefficient (Wildman–Crippen LogP) is 7.38. The van der Waals surface area contributed by atoms with Crippen LogP contribution in [0.3, 0.4) is 0 Å². The van der Waals surface area contributed by atoms with Crippen molar-refractivity contribution in [3.63, 3.8) is 0 Å². The van der Waals surface area contributed by atoms with Crippen LogP contribution in [0.2, 0.25) is 0 Å². The summed E-state index contributed by atoms with van der Waals surface area (Å²) in [5.41, 5.74) is 4.60. The molecule has 2 aromatic carbocycles. The topological polar surface area (TPSA) is 68.7 Å². The monoisotopic (exact) mass is 574 g/mol. The molecule has 4 rings (SSSR count). The molecule has 0 aliphatic heterocycles. The Hall–Kier alpha value is -3.36. The number of amides is 2. The van der Waals surface area contributed by atoms with Crippen LogP contribution in [-0.2, 0) is 22.7 Å². The van der Waals surface area contributed by atoms with E-state index in [1.165, 1.54) is 11.1 Å². The minimum Gasteiger partial charge on any atom is -0.312 e. The van der Waals surface area contributed by atoms with E-state index in [0.717, 1.165) is 68.6 Å². The van der Waals surface area contributed by atoms with Crippen molar-refractivity contribution in [3.05, 3.63) is 82.4 Å². The SMILES string of the molecule is C=CCn1c(=NC(=O)CCCCCCCCC(=O)N=c2sc3cccc(C)c3n2CC=C)sc2cccc(C)c21. The molecule has 0 atom stereocenters. The van der Waals surface area contributed by atoms with E-state index in [9.17, 15) is 9.59 Å². The standard InChI is InChI=1S/C32H38N4O2S2/c1-5-21-35-29-23(3)15-13-17-25(29)39-31(35)33-27(37)19-11-9-7-8-10-12-20-28(38)34-32-36(22-6-2)30-24(4)16-14-18-26(30)40-32/h5-6,13-18H,1-2,7-12,19-22H2,3-4H3. The summed E-state index contributed by atoms with van der Waals surface area (Å²) in [5.74, 6) is -0.140. The van der Waals surface area contributed by atoms with Gasteiger partial charge in [0.2, 0.25) is 11.8 Å². The van der Waals surface area contributed by atoms with Gasteiger partial charge in [0.25, 0.3) is 0 Å². The highest BCUT2D eigenvalue weighted by molar-refractivity contribution is 7.16. The number of para-hydroxylation sites is 2. The highest BCUT2D eigenvalue weighted by Crippen LogP contribution is 2.22. The van der Waals surface area contributed by atoms with Crippen molar-refractivity contribution in [1.82, 2.24) is 9.13 Å². The van der Waals surface area contributed by atoms with Crippen LogP contribution in [0.15, 0.2) is 71.7 Å².